The van der Waals surface area contributed by atoms with Crippen molar-refractivity contribution in [2.45, 2.75) is 19.4 Å². The summed E-state index contributed by atoms with van der Waals surface area (Å²) in [5.41, 5.74) is -0.512. The van der Waals surface area contributed by atoms with Crippen molar-refractivity contribution < 1.29 is 19.4 Å². The fourth-order valence-corrected chi connectivity index (χ4v) is 2.36. The Labute approximate surface area is 117 Å². The van der Waals surface area contributed by atoms with Crippen LogP contribution in [0.2, 0.25) is 0 Å². The van der Waals surface area contributed by atoms with Gasteiger partial charge in [-0.15, -0.1) is 0 Å². The lowest BCUT2D eigenvalue weighted by molar-refractivity contribution is -0.145. The van der Waals surface area contributed by atoms with Crippen LogP contribution in [0, 0.1) is 6.92 Å². The summed E-state index contributed by atoms with van der Waals surface area (Å²) >= 11 is 0. The third-order valence-corrected chi connectivity index (χ3v) is 3.48. The van der Waals surface area contributed by atoms with Crippen molar-refractivity contribution in [2.24, 2.45) is 0 Å². The third kappa shape index (κ3) is 1.82. The summed E-state index contributed by atoms with van der Waals surface area (Å²) < 4.78 is 4.84. The molecule has 0 spiro atoms. The predicted molar refractivity (Wildman–Crippen MR) is 74.3 cm³/mol. The quantitative estimate of drug-likeness (QED) is 0.666. The lowest BCUT2D eigenvalue weighted by Gasteiger charge is -2.23. The summed E-state index contributed by atoms with van der Waals surface area (Å²) in [7, 11) is 1.55. The first-order valence-electron chi connectivity index (χ1n) is 6.32. The molecule has 1 aliphatic heterocycles. The summed E-state index contributed by atoms with van der Waals surface area (Å²) in [5.74, 6) is -1.37. The maximum atomic E-state index is 12.4. The number of aliphatic hydroxyl groups is 1. The van der Waals surface area contributed by atoms with E-state index < -0.39 is 17.5 Å². The molecule has 20 heavy (non-hydrogen) atoms. The molecule has 0 aliphatic carbocycles. The molecule has 2 rings (SSSR count). The Hall–Kier alpha value is -2.14. The van der Waals surface area contributed by atoms with E-state index in [4.69, 9.17) is 4.74 Å². The number of esters is 1. The number of fused-ring (bicyclic) bond motifs is 1. The Morgan fingerprint density at radius 3 is 2.75 bits per heavy atom. The fourth-order valence-electron chi connectivity index (χ4n) is 2.36. The molecule has 0 radical (unpaired) electrons. The molecule has 1 heterocycles. The van der Waals surface area contributed by atoms with Gasteiger partial charge in [-0.25, -0.2) is 4.79 Å². The van der Waals surface area contributed by atoms with Gasteiger partial charge in [0, 0.05) is 12.6 Å². The van der Waals surface area contributed by atoms with Crippen molar-refractivity contribution in [1.29, 1.82) is 0 Å². The van der Waals surface area contributed by atoms with Crippen LogP contribution in [-0.2, 0) is 19.9 Å². The molecule has 5 nitrogen and oxygen atoms in total. The summed E-state index contributed by atoms with van der Waals surface area (Å²) in [5, 5.41) is 10.8. The first kappa shape index (κ1) is 14.3. The molecule has 1 atom stereocenters. The Balaban J connectivity index is 2.57. The first-order chi connectivity index (χ1) is 9.33. The molecule has 1 N–H and O–H groups in total. The number of hydrogen-bond acceptors (Lipinski definition) is 4. The molecule has 1 aromatic rings. The molecule has 0 bridgehead atoms. The van der Waals surface area contributed by atoms with E-state index in [2.05, 4.69) is 6.58 Å². The number of carbonyl (C=O) groups excluding carboxylic acids is 2. The smallest absolute Gasteiger partial charge is 0.337 e. The minimum Gasteiger partial charge on any atom is -0.463 e. The van der Waals surface area contributed by atoms with Crippen LogP contribution in [0.5, 0.6) is 0 Å². The van der Waals surface area contributed by atoms with Gasteiger partial charge < -0.3 is 14.7 Å². The van der Waals surface area contributed by atoms with Gasteiger partial charge in [-0.3, -0.25) is 4.79 Å². The summed E-state index contributed by atoms with van der Waals surface area (Å²) in [4.78, 5) is 25.5. The second-order valence-electron chi connectivity index (χ2n) is 4.79. The van der Waals surface area contributed by atoms with Crippen molar-refractivity contribution >= 4 is 17.6 Å². The van der Waals surface area contributed by atoms with Crippen molar-refractivity contribution in [3.63, 3.8) is 0 Å². The van der Waals surface area contributed by atoms with Crippen molar-refractivity contribution in [3.8, 4) is 0 Å². The van der Waals surface area contributed by atoms with Crippen molar-refractivity contribution in [3.05, 3.63) is 41.5 Å². The molecule has 0 saturated heterocycles. The van der Waals surface area contributed by atoms with Gasteiger partial charge in [0.05, 0.1) is 17.9 Å². The van der Waals surface area contributed by atoms with E-state index >= 15 is 0 Å². The SMILES string of the molecule is C=C(C(=O)OCC)C1(O)C(=O)N(C)c2ccc(C)cc21. The molecule has 5 heteroatoms. The van der Waals surface area contributed by atoms with Crippen LogP contribution in [0.1, 0.15) is 18.1 Å². The van der Waals surface area contributed by atoms with Gasteiger partial charge in [-0.2, -0.15) is 0 Å². The largest absolute Gasteiger partial charge is 0.463 e. The van der Waals surface area contributed by atoms with E-state index in [9.17, 15) is 14.7 Å². The van der Waals surface area contributed by atoms with Gasteiger partial charge >= 0.3 is 5.97 Å². The second kappa shape index (κ2) is 4.76. The number of rotatable bonds is 3. The highest BCUT2D eigenvalue weighted by Gasteiger charge is 2.53. The minimum atomic E-state index is -2.05. The summed E-state index contributed by atoms with van der Waals surface area (Å²) in [6.45, 7) is 7.21. The topological polar surface area (TPSA) is 66.8 Å². The number of nitrogens with zero attached hydrogens (tertiary/aromatic N) is 1. The van der Waals surface area contributed by atoms with E-state index in [0.717, 1.165) is 5.56 Å². The van der Waals surface area contributed by atoms with E-state index in [1.165, 1.54) is 4.90 Å². The number of carbonyl (C=O) groups is 2. The van der Waals surface area contributed by atoms with Gasteiger partial charge in [-0.05, 0) is 19.9 Å². The normalized spacial score (nSPS) is 20.8. The Kier molecular flexibility index (Phi) is 3.39. The average Bonchev–Trinajstić information content (AvgIpc) is 2.61. The number of ether oxygens (including phenoxy) is 1. The Bertz CT molecular complexity index is 608. The van der Waals surface area contributed by atoms with E-state index in [0.29, 0.717) is 11.3 Å². The maximum absolute atomic E-state index is 12.4. The van der Waals surface area contributed by atoms with Crippen molar-refractivity contribution in [1.82, 2.24) is 0 Å². The lowest BCUT2D eigenvalue weighted by atomic mass is 9.87. The van der Waals surface area contributed by atoms with Crippen LogP contribution in [0.3, 0.4) is 0 Å². The van der Waals surface area contributed by atoms with E-state index in [-0.39, 0.29) is 12.2 Å². The molecule has 106 valence electrons. The number of anilines is 1. The molecule has 0 fully saturated rings. The van der Waals surface area contributed by atoms with Gasteiger partial charge in [0.2, 0.25) is 5.60 Å². The second-order valence-corrected chi connectivity index (χ2v) is 4.79. The van der Waals surface area contributed by atoms with Crippen LogP contribution in [0.25, 0.3) is 0 Å². The van der Waals surface area contributed by atoms with Gasteiger partial charge in [-0.1, -0.05) is 24.3 Å². The maximum Gasteiger partial charge on any atom is 0.337 e. The van der Waals surface area contributed by atoms with Crippen LogP contribution in [0.15, 0.2) is 30.4 Å². The highest BCUT2D eigenvalue weighted by atomic mass is 16.5. The minimum absolute atomic E-state index is 0.151. The first-order valence-corrected chi connectivity index (χ1v) is 6.32. The number of aryl methyl sites for hydroxylation is 1. The predicted octanol–water partition coefficient (Wildman–Crippen LogP) is 1.28. The highest BCUT2D eigenvalue weighted by molar-refractivity contribution is 6.13. The van der Waals surface area contributed by atoms with E-state index in [1.807, 2.05) is 13.0 Å². The standard InChI is InChI=1S/C15H17NO4/c1-5-20-13(17)10(3)15(19)11-8-9(2)6-7-12(11)16(4)14(15)18/h6-8,19H,3,5H2,1-2,4H3. The van der Waals surface area contributed by atoms with Crippen LogP contribution < -0.4 is 4.90 Å². The number of hydrogen-bond donors (Lipinski definition) is 1. The van der Waals surface area contributed by atoms with Crippen LogP contribution >= 0.6 is 0 Å². The third-order valence-electron chi connectivity index (χ3n) is 3.48. The number of benzene rings is 1. The molecular weight excluding hydrogens is 258 g/mol. The Morgan fingerprint density at radius 1 is 1.50 bits per heavy atom. The van der Waals surface area contributed by atoms with Gasteiger partial charge in [0.25, 0.3) is 5.91 Å². The zero-order chi connectivity index (χ0) is 15.1. The summed E-state index contributed by atoms with van der Waals surface area (Å²) in [6.07, 6.45) is 0. The molecule has 1 amide bonds. The van der Waals surface area contributed by atoms with Crippen LogP contribution in [0.4, 0.5) is 5.69 Å². The van der Waals surface area contributed by atoms with Gasteiger partial charge in [0.1, 0.15) is 0 Å². The number of amides is 1. The molecule has 1 aromatic carbocycles. The lowest BCUT2D eigenvalue weighted by Crippen LogP contribution is -2.42. The zero-order valence-corrected chi connectivity index (χ0v) is 11.8. The molecule has 0 aromatic heterocycles. The van der Waals surface area contributed by atoms with Gasteiger partial charge in [0.15, 0.2) is 0 Å². The average molecular weight is 275 g/mol. The van der Waals surface area contributed by atoms with Crippen molar-refractivity contribution in [2.75, 3.05) is 18.6 Å². The highest BCUT2D eigenvalue weighted by Crippen LogP contribution is 2.44. The monoisotopic (exact) mass is 275 g/mol. The molecule has 1 aliphatic rings. The fraction of sp³-hybridized carbons (Fsp3) is 0.333. The molecule has 1 unspecified atom stereocenters. The summed E-state index contributed by atoms with van der Waals surface area (Å²) in [6, 6.07) is 5.25. The zero-order valence-electron chi connectivity index (χ0n) is 11.8. The van der Waals surface area contributed by atoms with Crippen LogP contribution in [-0.4, -0.2) is 30.6 Å². The molecular formula is C15H17NO4. The molecule has 0 saturated carbocycles. The van der Waals surface area contributed by atoms with E-state index in [1.54, 1.807) is 26.1 Å². The number of likely N-dealkylation sites (N-methyl/N-ethyl adjacent to an activating group) is 1. The Morgan fingerprint density at radius 2 is 2.15 bits per heavy atom.